The van der Waals surface area contributed by atoms with Crippen molar-refractivity contribution in [3.05, 3.63) is 33.8 Å². The van der Waals surface area contributed by atoms with Crippen LogP contribution in [0.4, 0.5) is 0 Å². The van der Waals surface area contributed by atoms with E-state index in [-0.39, 0.29) is 17.9 Å². The van der Waals surface area contributed by atoms with Gasteiger partial charge in [-0.3, -0.25) is 4.79 Å². The normalized spacial score (nSPS) is 20.1. The summed E-state index contributed by atoms with van der Waals surface area (Å²) < 4.78 is 1.13. The second kappa shape index (κ2) is 6.06. The number of halogens is 1. The monoisotopic (exact) mass is 324 g/mol. The molecule has 1 aromatic rings. The van der Waals surface area contributed by atoms with E-state index in [4.69, 9.17) is 5.73 Å². The van der Waals surface area contributed by atoms with Gasteiger partial charge in [-0.2, -0.15) is 0 Å². The number of fused-ring (bicyclic) bond motifs is 1. The topological polar surface area (TPSA) is 55.1 Å². The molecule has 1 aromatic carbocycles. The first kappa shape index (κ1) is 14.5. The van der Waals surface area contributed by atoms with Gasteiger partial charge in [0.1, 0.15) is 0 Å². The average molecular weight is 325 g/mol. The third-order valence-corrected chi connectivity index (χ3v) is 4.28. The van der Waals surface area contributed by atoms with E-state index in [9.17, 15) is 4.79 Å². The summed E-state index contributed by atoms with van der Waals surface area (Å²) >= 11 is 3.51. The van der Waals surface area contributed by atoms with Crippen molar-refractivity contribution >= 4 is 21.8 Å². The van der Waals surface area contributed by atoms with Gasteiger partial charge in [-0.15, -0.1) is 0 Å². The molecule has 1 aliphatic carbocycles. The van der Waals surface area contributed by atoms with Gasteiger partial charge < -0.3 is 11.1 Å². The second-order valence-electron chi connectivity index (χ2n) is 5.64. The van der Waals surface area contributed by atoms with Gasteiger partial charge in [-0.1, -0.05) is 35.8 Å². The SMILES string of the molecule is CC(C)C(NC1CCc2cc(Br)ccc2C1)C(N)=O. The van der Waals surface area contributed by atoms with E-state index in [1.807, 2.05) is 13.8 Å². The van der Waals surface area contributed by atoms with Gasteiger partial charge in [-0.25, -0.2) is 0 Å². The second-order valence-corrected chi connectivity index (χ2v) is 6.56. The number of carbonyl (C=O) groups is 1. The molecule has 0 aromatic heterocycles. The predicted molar refractivity (Wildman–Crippen MR) is 80.9 cm³/mol. The molecule has 0 saturated heterocycles. The Hall–Kier alpha value is -0.870. The van der Waals surface area contributed by atoms with Crippen molar-refractivity contribution in [2.45, 2.75) is 45.2 Å². The van der Waals surface area contributed by atoms with Crippen molar-refractivity contribution in [2.75, 3.05) is 0 Å². The maximum atomic E-state index is 11.5. The van der Waals surface area contributed by atoms with E-state index in [0.29, 0.717) is 6.04 Å². The lowest BCUT2D eigenvalue weighted by Gasteiger charge is -2.30. The maximum Gasteiger partial charge on any atom is 0.234 e. The van der Waals surface area contributed by atoms with Crippen LogP contribution in [0.25, 0.3) is 0 Å². The number of aryl methyl sites for hydroxylation is 1. The summed E-state index contributed by atoms with van der Waals surface area (Å²) in [5, 5.41) is 3.42. The molecule has 0 spiro atoms. The minimum atomic E-state index is -0.253. The van der Waals surface area contributed by atoms with Gasteiger partial charge in [0.25, 0.3) is 0 Å². The largest absolute Gasteiger partial charge is 0.368 e. The molecule has 1 aliphatic rings. The standard InChI is InChI=1S/C15H21BrN2O/c1-9(2)14(15(17)19)18-13-6-4-10-7-12(16)5-3-11(10)8-13/h3,5,7,9,13-14,18H,4,6,8H2,1-2H3,(H2,17,19). The Morgan fingerprint density at radius 3 is 2.79 bits per heavy atom. The molecule has 0 radical (unpaired) electrons. The minimum Gasteiger partial charge on any atom is -0.368 e. The van der Waals surface area contributed by atoms with Gasteiger partial charge in [0.15, 0.2) is 0 Å². The number of amides is 1. The first-order chi connectivity index (χ1) is 8.97. The Labute approximate surface area is 123 Å². The molecular formula is C15H21BrN2O. The number of rotatable bonds is 4. The van der Waals surface area contributed by atoms with E-state index >= 15 is 0 Å². The molecule has 0 heterocycles. The van der Waals surface area contributed by atoms with Crippen LogP contribution in [-0.2, 0) is 17.6 Å². The fraction of sp³-hybridized carbons (Fsp3) is 0.533. The fourth-order valence-corrected chi connectivity index (χ4v) is 3.13. The number of carbonyl (C=O) groups excluding carboxylic acids is 1. The van der Waals surface area contributed by atoms with Crippen molar-refractivity contribution in [1.29, 1.82) is 0 Å². The molecule has 3 nitrogen and oxygen atoms in total. The molecule has 0 bridgehead atoms. The third-order valence-electron chi connectivity index (χ3n) is 3.79. The predicted octanol–water partition coefficient (Wildman–Crippen LogP) is 2.41. The summed E-state index contributed by atoms with van der Waals surface area (Å²) in [6.07, 6.45) is 3.08. The molecule has 0 fully saturated rings. The van der Waals surface area contributed by atoms with Gasteiger partial charge >= 0.3 is 0 Å². The molecule has 2 atom stereocenters. The van der Waals surface area contributed by atoms with Crippen LogP contribution in [0.5, 0.6) is 0 Å². The van der Waals surface area contributed by atoms with E-state index in [0.717, 1.165) is 23.7 Å². The number of primary amides is 1. The van der Waals surface area contributed by atoms with Gasteiger partial charge in [0.05, 0.1) is 6.04 Å². The van der Waals surface area contributed by atoms with Crippen LogP contribution >= 0.6 is 15.9 Å². The Morgan fingerprint density at radius 1 is 1.42 bits per heavy atom. The molecule has 19 heavy (non-hydrogen) atoms. The number of nitrogens with one attached hydrogen (secondary N) is 1. The highest BCUT2D eigenvalue weighted by Crippen LogP contribution is 2.25. The number of benzene rings is 1. The van der Waals surface area contributed by atoms with Gasteiger partial charge in [-0.05, 0) is 48.4 Å². The third kappa shape index (κ3) is 3.57. The highest BCUT2D eigenvalue weighted by Gasteiger charge is 2.25. The summed E-state index contributed by atoms with van der Waals surface area (Å²) in [4.78, 5) is 11.5. The zero-order valence-electron chi connectivity index (χ0n) is 11.4. The lowest BCUT2D eigenvalue weighted by Crippen LogP contribution is -2.50. The molecule has 104 valence electrons. The van der Waals surface area contributed by atoms with E-state index in [1.54, 1.807) is 0 Å². The molecule has 2 rings (SSSR count). The average Bonchev–Trinajstić information content (AvgIpc) is 2.35. The van der Waals surface area contributed by atoms with Crippen LogP contribution in [0.1, 0.15) is 31.4 Å². The summed E-state index contributed by atoms with van der Waals surface area (Å²) in [7, 11) is 0. The quantitative estimate of drug-likeness (QED) is 0.893. The summed E-state index contributed by atoms with van der Waals surface area (Å²) in [5.74, 6) is -0.0274. The Kier molecular flexibility index (Phi) is 4.63. The fourth-order valence-electron chi connectivity index (χ4n) is 2.72. The first-order valence-electron chi connectivity index (χ1n) is 6.80. The van der Waals surface area contributed by atoms with Crippen LogP contribution in [0, 0.1) is 5.92 Å². The number of nitrogens with two attached hydrogens (primary N) is 1. The minimum absolute atomic E-state index is 0.226. The summed E-state index contributed by atoms with van der Waals surface area (Å²) in [5.41, 5.74) is 8.25. The molecule has 0 saturated carbocycles. The number of hydrogen-bond donors (Lipinski definition) is 2. The van der Waals surface area contributed by atoms with Crippen LogP contribution in [-0.4, -0.2) is 18.0 Å². The van der Waals surface area contributed by atoms with Crippen molar-refractivity contribution in [3.63, 3.8) is 0 Å². The zero-order valence-corrected chi connectivity index (χ0v) is 13.0. The Balaban J connectivity index is 2.05. The molecule has 3 N–H and O–H groups in total. The maximum absolute atomic E-state index is 11.5. The van der Waals surface area contributed by atoms with E-state index in [1.165, 1.54) is 11.1 Å². The lowest BCUT2D eigenvalue weighted by molar-refractivity contribution is -0.121. The zero-order chi connectivity index (χ0) is 14.0. The first-order valence-corrected chi connectivity index (χ1v) is 7.59. The molecule has 4 heteroatoms. The van der Waals surface area contributed by atoms with Crippen molar-refractivity contribution < 1.29 is 4.79 Å². The van der Waals surface area contributed by atoms with Crippen LogP contribution < -0.4 is 11.1 Å². The molecule has 1 amide bonds. The van der Waals surface area contributed by atoms with Crippen LogP contribution in [0.3, 0.4) is 0 Å². The van der Waals surface area contributed by atoms with E-state index in [2.05, 4.69) is 39.4 Å². The highest BCUT2D eigenvalue weighted by atomic mass is 79.9. The Bertz CT molecular complexity index is 473. The van der Waals surface area contributed by atoms with Crippen molar-refractivity contribution in [2.24, 2.45) is 11.7 Å². The molecular weight excluding hydrogens is 304 g/mol. The molecule has 2 unspecified atom stereocenters. The number of hydrogen-bond acceptors (Lipinski definition) is 2. The lowest BCUT2D eigenvalue weighted by atomic mass is 9.87. The van der Waals surface area contributed by atoms with Crippen molar-refractivity contribution in [3.8, 4) is 0 Å². The van der Waals surface area contributed by atoms with Crippen LogP contribution in [0.15, 0.2) is 22.7 Å². The van der Waals surface area contributed by atoms with Gasteiger partial charge in [0.2, 0.25) is 5.91 Å². The highest BCUT2D eigenvalue weighted by molar-refractivity contribution is 9.10. The molecule has 0 aliphatic heterocycles. The Morgan fingerprint density at radius 2 is 2.16 bits per heavy atom. The van der Waals surface area contributed by atoms with Crippen LogP contribution in [0.2, 0.25) is 0 Å². The smallest absolute Gasteiger partial charge is 0.234 e. The van der Waals surface area contributed by atoms with Crippen molar-refractivity contribution in [1.82, 2.24) is 5.32 Å². The summed E-state index contributed by atoms with van der Waals surface area (Å²) in [6.45, 7) is 4.05. The summed E-state index contributed by atoms with van der Waals surface area (Å²) in [6, 6.07) is 6.55. The van der Waals surface area contributed by atoms with E-state index < -0.39 is 0 Å². The van der Waals surface area contributed by atoms with Gasteiger partial charge in [0, 0.05) is 10.5 Å².